The topological polar surface area (TPSA) is 64.7 Å². The van der Waals surface area contributed by atoms with E-state index in [1.54, 1.807) is 4.90 Å². The molecule has 0 unspecified atom stereocenters. The van der Waals surface area contributed by atoms with E-state index < -0.39 is 0 Å². The van der Waals surface area contributed by atoms with Gasteiger partial charge in [-0.2, -0.15) is 0 Å². The first kappa shape index (κ1) is 15.4. The van der Waals surface area contributed by atoms with Gasteiger partial charge in [-0.05, 0) is 59.7 Å². The molecule has 7 heteroatoms. The molecule has 2 saturated heterocycles. The molecule has 1 aromatic rings. The number of carbonyl (C=O) groups excluding carboxylic acids is 2. The molecule has 1 atom stereocenters. The summed E-state index contributed by atoms with van der Waals surface area (Å²) in [6.45, 7) is 2.77. The van der Waals surface area contributed by atoms with Crippen molar-refractivity contribution in [3.63, 3.8) is 0 Å². The normalized spacial score (nSPS) is 21.7. The number of hydrogen-bond acceptors (Lipinski definition) is 2. The van der Waals surface area contributed by atoms with Gasteiger partial charge in [0, 0.05) is 35.4 Å². The number of likely N-dealkylation sites (tertiary alicyclic amines) is 1. The Labute approximate surface area is 143 Å². The molecule has 2 heterocycles. The summed E-state index contributed by atoms with van der Waals surface area (Å²) in [6, 6.07) is 7.74. The van der Waals surface area contributed by atoms with Crippen LogP contribution in [0.1, 0.15) is 12.8 Å². The van der Waals surface area contributed by atoms with Gasteiger partial charge in [-0.15, -0.1) is 0 Å². The Bertz CT molecular complexity index is 563. The molecule has 0 spiro atoms. The summed E-state index contributed by atoms with van der Waals surface area (Å²) in [5.74, 6) is 0. The zero-order chi connectivity index (χ0) is 15.5. The maximum Gasteiger partial charge on any atom is 0.321 e. The molecule has 0 bridgehead atoms. The lowest BCUT2D eigenvalue weighted by Gasteiger charge is -2.36. The molecule has 2 N–H and O–H groups in total. The zero-order valence-corrected chi connectivity index (χ0v) is 14.4. The molecular formula is C15H19IN4O2. The van der Waals surface area contributed by atoms with E-state index in [0.717, 1.165) is 35.2 Å². The second-order valence-electron chi connectivity index (χ2n) is 5.60. The SMILES string of the molecule is O=C(Nc1ccc(I)cc1)N1CCC[C@@H](N2CCNC2=O)C1. The number of benzene rings is 1. The van der Waals surface area contributed by atoms with Gasteiger partial charge < -0.3 is 20.4 Å². The number of urea groups is 2. The predicted molar refractivity (Wildman–Crippen MR) is 92.9 cm³/mol. The van der Waals surface area contributed by atoms with Crippen molar-refractivity contribution in [3.05, 3.63) is 27.8 Å². The second-order valence-corrected chi connectivity index (χ2v) is 6.85. The van der Waals surface area contributed by atoms with Gasteiger partial charge in [-0.1, -0.05) is 0 Å². The monoisotopic (exact) mass is 414 g/mol. The van der Waals surface area contributed by atoms with Crippen LogP contribution in [0, 0.1) is 3.57 Å². The smallest absolute Gasteiger partial charge is 0.321 e. The van der Waals surface area contributed by atoms with Crippen molar-refractivity contribution in [3.8, 4) is 0 Å². The van der Waals surface area contributed by atoms with Crippen LogP contribution in [-0.2, 0) is 0 Å². The van der Waals surface area contributed by atoms with Crippen molar-refractivity contribution in [1.82, 2.24) is 15.1 Å². The van der Waals surface area contributed by atoms with Crippen LogP contribution in [0.4, 0.5) is 15.3 Å². The Hall–Kier alpha value is -1.51. The van der Waals surface area contributed by atoms with Gasteiger partial charge >= 0.3 is 12.1 Å². The Kier molecular flexibility index (Phi) is 4.70. The van der Waals surface area contributed by atoms with Gasteiger partial charge in [0.25, 0.3) is 0 Å². The van der Waals surface area contributed by atoms with Crippen LogP contribution in [0.5, 0.6) is 0 Å². The largest absolute Gasteiger partial charge is 0.336 e. The number of anilines is 1. The molecule has 3 rings (SSSR count). The highest BCUT2D eigenvalue weighted by molar-refractivity contribution is 14.1. The minimum atomic E-state index is -0.0921. The van der Waals surface area contributed by atoms with E-state index >= 15 is 0 Å². The Balaban J connectivity index is 1.60. The van der Waals surface area contributed by atoms with Crippen molar-refractivity contribution in [2.24, 2.45) is 0 Å². The molecule has 0 aliphatic carbocycles. The van der Waals surface area contributed by atoms with Gasteiger partial charge in [0.1, 0.15) is 0 Å². The van der Waals surface area contributed by atoms with Gasteiger partial charge in [0.05, 0.1) is 6.04 Å². The quantitative estimate of drug-likeness (QED) is 0.730. The molecular weight excluding hydrogens is 395 g/mol. The molecule has 0 saturated carbocycles. The number of rotatable bonds is 2. The molecule has 22 heavy (non-hydrogen) atoms. The Morgan fingerprint density at radius 1 is 1.27 bits per heavy atom. The van der Waals surface area contributed by atoms with Crippen molar-refractivity contribution >= 4 is 40.3 Å². The molecule has 2 aliphatic heterocycles. The van der Waals surface area contributed by atoms with Crippen LogP contribution in [0.2, 0.25) is 0 Å². The average Bonchev–Trinajstić information content (AvgIpc) is 2.96. The summed E-state index contributed by atoms with van der Waals surface area (Å²) in [7, 11) is 0. The first-order valence-corrected chi connectivity index (χ1v) is 8.57. The van der Waals surface area contributed by atoms with Crippen molar-refractivity contribution in [1.29, 1.82) is 0 Å². The standard InChI is InChI=1S/C15H19IN4O2/c16-11-3-5-12(6-4-11)18-15(22)19-8-1-2-13(10-19)20-9-7-17-14(20)21/h3-6,13H,1-2,7-10H2,(H,17,21)(H,18,22)/t13-/m1/s1. The van der Waals surface area contributed by atoms with E-state index in [9.17, 15) is 9.59 Å². The fraction of sp³-hybridized carbons (Fsp3) is 0.467. The van der Waals surface area contributed by atoms with Crippen LogP contribution < -0.4 is 10.6 Å². The Morgan fingerprint density at radius 2 is 2.05 bits per heavy atom. The van der Waals surface area contributed by atoms with Gasteiger partial charge in [-0.25, -0.2) is 9.59 Å². The Morgan fingerprint density at radius 3 is 2.73 bits per heavy atom. The number of halogens is 1. The first-order valence-electron chi connectivity index (χ1n) is 7.49. The van der Waals surface area contributed by atoms with Gasteiger partial charge in [0.15, 0.2) is 0 Å². The van der Waals surface area contributed by atoms with Crippen LogP contribution in [-0.4, -0.2) is 54.1 Å². The molecule has 4 amide bonds. The lowest BCUT2D eigenvalue weighted by atomic mass is 10.0. The van der Waals surface area contributed by atoms with Crippen molar-refractivity contribution in [2.75, 3.05) is 31.5 Å². The fourth-order valence-corrected chi connectivity index (χ4v) is 3.32. The average molecular weight is 414 g/mol. The highest BCUT2D eigenvalue weighted by Crippen LogP contribution is 2.19. The van der Waals surface area contributed by atoms with Crippen LogP contribution >= 0.6 is 22.6 Å². The van der Waals surface area contributed by atoms with Crippen LogP contribution in [0.25, 0.3) is 0 Å². The maximum atomic E-state index is 12.4. The molecule has 0 aromatic heterocycles. The van der Waals surface area contributed by atoms with Crippen LogP contribution in [0.3, 0.4) is 0 Å². The molecule has 1 aromatic carbocycles. The summed E-state index contributed by atoms with van der Waals surface area (Å²) in [5.41, 5.74) is 0.798. The minimum absolute atomic E-state index is 0.00936. The van der Waals surface area contributed by atoms with Crippen molar-refractivity contribution < 1.29 is 9.59 Å². The number of amides is 4. The summed E-state index contributed by atoms with van der Waals surface area (Å²) in [5, 5.41) is 5.75. The second kappa shape index (κ2) is 6.72. The third-order valence-electron chi connectivity index (χ3n) is 4.11. The number of nitrogens with one attached hydrogen (secondary N) is 2. The fourth-order valence-electron chi connectivity index (χ4n) is 2.96. The number of piperidine rings is 1. The predicted octanol–water partition coefficient (Wildman–Crippen LogP) is 2.31. The van der Waals surface area contributed by atoms with E-state index in [0.29, 0.717) is 13.1 Å². The zero-order valence-electron chi connectivity index (χ0n) is 12.2. The molecule has 2 aliphatic rings. The van der Waals surface area contributed by atoms with E-state index in [1.807, 2.05) is 29.2 Å². The molecule has 2 fully saturated rings. The molecule has 6 nitrogen and oxygen atoms in total. The highest BCUT2D eigenvalue weighted by atomic mass is 127. The number of carbonyl (C=O) groups is 2. The lowest BCUT2D eigenvalue weighted by Crippen LogP contribution is -2.51. The van der Waals surface area contributed by atoms with E-state index in [-0.39, 0.29) is 18.1 Å². The summed E-state index contributed by atoms with van der Waals surface area (Å²) in [6.07, 6.45) is 1.88. The van der Waals surface area contributed by atoms with Crippen LogP contribution in [0.15, 0.2) is 24.3 Å². The van der Waals surface area contributed by atoms with E-state index in [4.69, 9.17) is 0 Å². The van der Waals surface area contributed by atoms with E-state index in [1.165, 1.54) is 0 Å². The molecule has 118 valence electrons. The first-order chi connectivity index (χ1) is 10.6. The van der Waals surface area contributed by atoms with E-state index in [2.05, 4.69) is 33.2 Å². The third kappa shape index (κ3) is 3.45. The molecule has 0 radical (unpaired) electrons. The number of nitrogens with zero attached hydrogens (tertiary/aromatic N) is 2. The maximum absolute atomic E-state index is 12.4. The summed E-state index contributed by atoms with van der Waals surface area (Å²) >= 11 is 2.23. The summed E-state index contributed by atoms with van der Waals surface area (Å²) < 4.78 is 1.13. The number of hydrogen-bond donors (Lipinski definition) is 2. The van der Waals surface area contributed by atoms with Crippen molar-refractivity contribution in [2.45, 2.75) is 18.9 Å². The summed E-state index contributed by atoms with van der Waals surface area (Å²) in [4.78, 5) is 27.8. The highest BCUT2D eigenvalue weighted by Gasteiger charge is 2.32. The minimum Gasteiger partial charge on any atom is -0.336 e. The van der Waals surface area contributed by atoms with Gasteiger partial charge in [-0.3, -0.25) is 0 Å². The third-order valence-corrected chi connectivity index (χ3v) is 4.83. The van der Waals surface area contributed by atoms with Gasteiger partial charge in [0.2, 0.25) is 0 Å². The lowest BCUT2D eigenvalue weighted by molar-refractivity contribution is 0.139.